The Balaban J connectivity index is 0.000000214. The number of aromatic carboxylic acids is 1. The molecule has 188 valence electrons. The van der Waals surface area contributed by atoms with Gasteiger partial charge in [-0.1, -0.05) is 18.2 Å². The van der Waals surface area contributed by atoms with E-state index in [1.807, 2.05) is 32.0 Å². The number of pyridine rings is 1. The summed E-state index contributed by atoms with van der Waals surface area (Å²) in [4.78, 5) is 56.2. The van der Waals surface area contributed by atoms with Gasteiger partial charge in [-0.25, -0.2) is 4.79 Å². The van der Waals surface area contributed by atoms with Crippen LogP contribution in [-0.2, 0) is 20.7 Å². The summed E-state index contributed by atoms with van der Waals surface area (Å²) in [6.07, 6.45) is 2.27. The number of aldehydes is 1. The monoisotopic (exact) mass is 499 g/mol. The van der Waals surface area contributed by atoms with Crippen molar-refractivity contribution < 1.29 is 29.0 Å². The first-order chi connectivity index (χ1) is 17.6. The van der Waals surface area contributed by atoms with Crippen LogP contribution in [0.4, 0.5) is 0 Å². The van der Waals surface area contributed by atoms with Crippen LogP contribution < -0.4 is 0 Å². The number of benzene rings is 2. The number of ether oxygens (including phenoxy) is 1. The Morgan fingerprint density at radius 2 is 1.54 bits per heavy atom. The second-order valence-corrected chi connectivity index (χ2v) is 8.25. The number of hydrogen-bond donors (Lipinski definition) is 1. The second-order valence-electron chi connectivity index (χ2n) is 8.25. The van der Waals surface area contributed by atoms with Crippen molar-refractivity contribution in [1.82, 2.24) is 15.0 Å². The number of rotatable bonds is 5. The van der Waals surface area contributed by atoms with Gasteiger partial charge in [-0.05, 0) is 62.2 Å². The molecule has 0 aliphatic carbocycles. The molecule has 0 amide bonds. The molecule has 0 saturated heterocycles. The molecule has 9 nitrogen and oxygen atoms in total. The van der Waals surface area contributed by atoms with Gasteiger partial charge in [0.25, 0.3) is 0 Å². The van der Waals surface area contributed by atoms with Gasteiger partial charge < -0.3 is 9.84 Å². The van der Waals surface area contributed by atoms with Crippen LogP contribution in [0.25, 0.3) is 22.0 Å². The van der Waals surface area contributed by atoms with Crippen LogP contribution >= 0.6 is 0 Å². The van der Waals surface area contributed by atoms with E-state index in [0.717, 1.165) is 39.7 Å². The topological polar surface area (TPSA) is 136 Å². The van der Waals surface area contributed by atoms with Gasteiger partial charge in [-0.2, -0.15) is 0 Å². The van der Waals surface area contributed by atoms with Crippen LogP contribution in [-0.4, -0.2) is 44.3 Å². The zero-order valence-corrected chi connectivity index (χ0v) is 20.8. The van der Waals surface area contributed by atoms with E-state index < -0.39 is 17.9 Å². The van der Waals surface area contributed by atoms with E-state index in [2.05, 4.69) is 19.7 Å². The first-order valence-electron chi connectivity index (χ1n) is 11.3. The second kappa shape index (κ2) is 11.8. The summed E-state index contributed by atoms with van der Waals surface area (Å²) in [6.45, 7) is 6.64. The summed E-state index contributed by atoms with van der Waals surface area (Å²) in [5, 5.41) is 9.78. The fraction of sp³-hybridized carbons (Fsp3) is 0.179. The first kappa shape index (κ1) is 26.8. The summed E-state index contributed by atoms with van der Waals surface area (Å²) in [6, 6.07) is 14.2. The van der Waals surface area contributed by atoms with Crippen molar-refractivity contribution in [3.63, 3.8) is 0 Å². The molecule has 37 heavy (non-hydrogen) atoms. The maximum Gasteiger partial charge on any atom is 0.335 e. The molecule has 0 aliphatic heterocycles. The molecular formula is C28H25N3O6. The lowest BCUT2D eigenvalue weighted by Gasteiger charge is -2.06. The minimum Gasteiger partial charge on any atom is -0.478 e. The molecule has 9 heteroatoms. The van der Waals surface area contributed by atoms with Crippen molar-refractivity contribution in [3.8, 4) is 11.1 Å². The predicted octanol–water partition coefficient (Wildman–Crippen LogP) is 4.45. The zero-order valence-electron chi connectivity index (χ0n) is 20.8. The number of carbonyl (C=O) groups excluding carboxylic acids is 3. The number of esters is 2. The summed E-state index contributed by atoms with van der Waals surface area (Å²) in [5.74, 6) is -2.16. The number of hydrogen-bond acceptors (Lipinski definition) is 8. The molecule has 0 aliphatic rings. The molecule has 2 aromatic heterocycles. The standard InChI is InChI=1S/C17H11NO3.C11H14N2O3/c19-10-11-7-15-8-14(5-6-16(15)18-9-11)12-1-3-13(4-2-12)17(20)21;1-6-7(2)13-10(8(3)12-6)5-11(15)16-9(4)14/h1-10H,(H,20,21);5H2,1-4H3. The molecule has 2 heterocycles. The van der Waals surface area contributed by atoms with Crippen LogP contribution in [0.2, 0.25) is 0 Å². The molecule has 0 bridgehead atoms. The van der Waals surface area contributed by atoms with Gasteiger partial charge in [0, 0.05) is 24.1 Å². The minimum atomic E-state index is -0.945. The Bertz CT molecular complexity index is 1500. The Labute approximate surface area is 213 Å². The highest BCUT2D eigenvalue weighted by molar-refractivity contribution is 5.90. The third kappa shape index (κ3) is 7.11. The average molecular weight is 500 g/mol. The van der Waals surface area contributed by atoms with E-state index in [9.17, 15) is 19.2 Å². The molecule has 0 atom stereocenters. The van der Waals surface area contributed by atoms with Crippen LogP contribution in [0.15, 0.2) is 54.7 Å². The molecule has 4 rings (SSSR count). The lowest BCUT2D eigenvalue weighted by molar-refractivity contribution is -0.157. The van der Waals surface area contributed by atoms with E-state index in [0.29, 0.717) is 17.0 Å². The fourth-order valence-electron chi connectivity index (χ4n) is 3.46. The normalized spacial score (nSPS) is 10.3. The Morgan fingerprint density at radius 1 is 0.892 bits per heavy atom. The third-order valence-corrected chi connectivity index (χ3v) is 5.45. The lowest BCUT2D eigenvalue weighted by atomic mass is 10.0. The van der Waals surface area contributed by atoms with Crippen molar-refractivity contribution in [2.24, 2.45) is 0 Å². The molecule has 1 N–H and O–H groups in total. The van der Waals surface area contributed by atoms with E-state index in [-0.39, 0.29) is 12.0 Å². The van der Waals surface area contributed by atoms with Crippen LogP contribution in [0.3, 0.4) is 0 Å². The van der Waals surface area contributed by atoms with E-state index in [4.69, 9.17) is 5.11 Å². The van der Waals surface area contributed by atoms with Crippen molar-refractivity contribution in [2.45, 2.75) is 34.1 Å². The SMILES string of the molecule is CC(=O)OC(=O)Cc1nc(C)c(C)nc1C.O=Cc1cnc2ccc(-c3ccc(C(=O)O)cc3)cc2c1. The van der Waals surface area contributed by atoms with Gasteiger partial charge in [0.15, 0.2) is 6.29 Å². The highest BCUT2D eigenvalue weighted by atomic mass is 16.6. The predicted molar refractivity (Wildman–Crippen MR) is 136 cm³/mol. The summed E-state index contributed by atoms with van der Waals surface area (Å²) >= 11 is 0. The number of carbonyl (C=O) groups is 4. The van der Waals surface area contributed by atoms with Crippen molar-refractivity contribution in [1.29, 1.82) is 0 Å². The summed E-state index contributed by atoms with van der Waals surface area (Å²) in [7, 11) is 0. The number of carboxylic acids is 1. The van der Waals surface area contributed by atoms with E-state index >= 15 is 0 Å². The largest absolute Gasteiger partial charge is 0.478 e. The highest BCUT2D eigenvalue weighted by Crippen LogP contribution is 2.24. The minimum absolute atomic E-state index is 0.0282. The molecule has 4 aromatic rings. The Morgan fingerprint density at radius 3 is 2.16 bits per heavy atom. The quantitative estimate of drug-likeness (QED) is 0.240. The smallest absolute Gasteiger partial charge is 0.335 e. The van der Waals surface area contributed by atoms with Crippen LogP contribution in [0.1, 0.15) is 50.4 Å². The van der Waals surface area contributed by atoms with E-state index in [1.54, 1.807) is 37.3 Å². The van der Waals surface area contributed by atoms with Crippen molar-refractivity contribution in [2.75, 3.05) is 0 Å². The van der Waals surface area contributed by atoms with Gasteiger partial charge in [-0.15, -0.1) is 0 Å². The van der Waals surface area contributed by atoms with Gasteiger partial charge in [0.2, 0.25) is 0 Å². The molecule has 0 saturated carbocycles. The van der Waals surface area contributed by atoms with Gasteiger partial charge in [0.05, 0.1) is 40.3 Å². The van der Waals surface area contributed by atoms with E-state index in [1.165, 1.54) is 13.1 Å². The zero-order chi connectivity index (χ0) is 27.1. The molecule has 2 aromatic carbocycles. The summed E-state index contributed by atoms with van der Waals surface area (Å²) in [5.41, 5.74) is 6.30. The van der Waals surface area contributed by atoms with Crippen molar-refractivity contribution >= 4 is 35.1 Å². The summed E-state index contributed by atoms with van der Waals surface area (Å²) < 4.78 is 4.43. The third-order valence-electron chi connectivity index (χ3n) is 5.45. The molecule has 0 spiro atoms. The average Bonchev–Trinajstić information content (AvgIpc) is 2.86. The Hall–Kier alpha value is -4.79. The van der Waals surface area contributed by atoms with Gasteiger partial charge in [0.1, 0.15) is 0 Å². The maximum atomic E-state index is 11.3. The highest BCUT2D eigenvalue weighted by Gasteiger charge is 2.13. The number of aryl methyl sites for hydroxylation is 3. The number of carboxylic acid groups (broad SMARTS) is 1. The molecule has 0 unspecified atom stereocenters. The number of fused-ring (bicyclic) bond motifs is 1. The lowest BCUT2D eigenvalue weighted by Crippen LogP contribution is -2.14. The van der Waals surface area contributed by atoms with Crippen LogP contribution in [0, 0.1) is 20.8 Å². The molecule has 0 radical (unpaired) electrons. The molecule has 0 fully saturated rings. The number of nitrogens with zero attached hydrogens (tertiary/aromatic N) is 3. The van der Waals surface area contributed by atoms with Gasteiger partial charge >= 0.3 is 17.9 Å². The maximum absolute atomic E-state index is 11.3. The van der Waals surface area contributed by atoms with Gasteiger partial charge in [-0.3, -0.25) is 29.3 Å². The Kier molecular flexibility index (Phi) is 8.52. The van der Waals surface area contributed by atoms with Crippen molar-refractivity contribution in [3.05, 3.63) is 88.6 Å². The first-order valence-corrected chi connectivity index (χ1v) is 11.3. The number of aromatic nitrogens is 3. The van der Waals surface area contributed by atoms with Crippen LogP contribution in [0.5, 0.6) is 0 Å². The molecular weight excluding hydrogens is 474 g/mol. The fourth-order valence-corrected chi connectivity index (χ4v) is 3.46.